The Hall–Kier alpha value is -3.91. The minimum absolute atomic E-state index is 0.109. The smallest absolute Gasteiger partial charge is 0.328 e. The number of nitrogens with one attached hydrogen (secondary N) is 1. The molecule has 0 unspecified atom stereocenters. The van der Waals surface area contributed by atoms with E-state index in [9.17, 15) is 14.7 Å². The minimum Gasteiger partial charge on any atom is -0.503 e. The zero-order chi connectivity index (χ0) is 26.4. The summed E-state index contributed by atoms with van der Waals surface area (Å²) >= 11 is 0. The van der Waals surface area contributed by atoms with Crippen molar-refractivity contribution in [2.24, 2.45) is 5.92 Å². The molecule has 3 aromatic rings. The summed E-state index contributed by atoms with van der Waals surface area (Å²) in [6.45, 7) is 3.89. The highest BCUT2D eigenvalue weighted by Gasteiger charge is 2.30. The lowest BCUT2D eigenvalue weighted by atomic mass is 10.00. The Kier molecular flexibility index (Phi) is 8.40. The van der Waals surface area contributed by atoms with E-state index < -0.39 is 35.9 Å². The predicted molar refractivity (Wildman–Crippen MR) is 138 cm³/mol. The van der Waals surface area contributed by atoms with Crippen LogP contribution in [0.1, 0.15) is 48.8 Å². The Balaban J connectivity index is 1.42. The van der Waals surface area contributed by atoms with E-state index >= 15 is 0 Å². The topological polar surface area (TPSA) is 107 Å². The first-order valence-electron chi connectivity index (χ1n) is 12.4. The molecular formula is C29H32N2O6. The molecule has 1 saturated carbocycles. The van der Waals surface area contributed by atoms with Crippen LogP contribution >= 0.6 is 0 Å². The van der Waals surface area contributed by atoms with Gasteiger partial charge in [0.25, 0.3) is 5.91 Å². The molecule has 4 rings (SSSR count). The van der Waals surface area contributed by atoms with Crippen LogP contribution in [0.4, 0.5) is 0 Å². The van der Waals surface area contributed by atoms with E-state index in [2.05, 4.69) is 22.4 Å². The maximum Gasteiger partial charge on any atom is 0.328 e. The van der Waals surface area contributed by atoms with Crippen LogP contribution < -0.4 is 10.1 Å². The lowest BCUT2D eigenvalue weighted by Crippen LogP contribution is -2.41. The van der Waals surface area contributed by atoms with Crippen molar-refractivity contribution in [2.45, 2.75) is 44.9 Å². The molecule has 2 N–H and O–H groups in total. The van der Waals surface area contributed by atoms with E-state index in [1.54, 1.807) is 6.92 Å². The maximum atomic E-state index is 12.9. The summed E-state index contributed by atoms with van der Waals surface area (Å²) in [6, 6.07) is 18.6. The average Bonchev–Trinajstić information content (AvgIpc) is 3.74. The van der Waals surface area contributed by atoms with E-state index in [4.69, 9.17) is 14.2 Å². The van der Waals surface area contributed by atoms with E-state index in [0.717, 1.165) is 29.5 Å². The summed E-state index contributed by atoms with van der Waals surface area (Å²) in [6.07, 6.45) is 2.56. The van der Waals surface area contributed by atoms with Gasteiger partial charge >= 0.3 is 5.97 Å². The fraction of sp³-hybridized carbons (Fsp3) is 0.345. The van der Waals surface area contributed by atoms with Gasteiger partial charge in [0.05, 0.1) is 13.7 Å². The number of esters is 1. The number of rotatable bonds is 11. The molecule has 0 saturated heterocycles. The molecule has 0 radical (unpaired) electrons. The number of methoxy groups -OCH3 is 1. The Labute approximate surface area is 216 Å². The van der Waals surface area contributed by atoms with Crippen LogP contribution in [0, 0.1) is 5.92 Å². The SMILES string of the molecule is COc1ccnc(C(=O)N[C@@H](C)C(=O)O[C@@H](C)[C@H](OCC2CC2)c2ccc(-c3ccccc3)cc2)c1O. The third kappa shape index (κ3) is 6.65. The van der Waals surface area contributed by atoms with Crippen LogP contribution in [0.5, 0.6) is 11.5 Å². The largest absolute Gasteiger partial charge is 0.503 e. The van der Waals surface area contributed by atoms with Crippen molar-refractivity contribution in [3.63, 3.8) is 0 Å². The van der Waals surface area contributed by atoms with Gasteiger partial charge in [-0.2, -0.15) is 0 Å². The first-order chi connectivity index (χ1) is 17.9. The zero-order valence-corrected chi connectivity index (χ0v) is 21.2. The number of nitrogens with zero attached hydrogens (tertiary/aromatic N) is 1. The summed E-state index contributed by atoms with van der Waals surface area (Å²) in [5.74, 6) is -1.09. The van der Waals surface area contributed by atoms with Gasteiger partial charge in [0, 0.05) is 12.3 Å². The van der Waals surface area contributed by atoms with E-state index in [-0.39, 0.29) is 11.4 Å². The van der Waals surface area contributed by atoms with E-state index in [1.165, 1.54) is 26.3 Å². The van der Waals surface area contributed by atoms with Crippen molar-refractivity contribution in [1.82, 2.24) is 10.3 Å². The van der Waals surface area contributed by atoms with E-state index in [1.807, 2.05) is 42.5 Å². The summed E-state index contributed by atoms with van der Waals surface area (Å²) in [7, 11) is 1.37. The number of aromatic hydroxyl groups is 1. The third-order valence-corrected chi connectivity index (χ3v) is 6.31. The first kappa shape index (κ1) is 26.2. The predicted octanol–water partition coefficient (Wildman–Crippen LogP) is 4.68. The van der Waals surface area contributed by atoms with Gasteiger partial charge in [-0.1, -0.05) is 54.6 Å². The zero-order valence-electron chi connectivity index (χ0n) is 21.2. The van der Waals surface area contributed by atoms with Gasteiger partial charge < -0.3 is 24.6 Å². The molecule has 2 aromatic carbocycles. The minimum atomic E-state index is -0.980. The molecule has 0 spiro atoms. The molecule has 1 amide bonds. The van der Waals surface area contributed by atoms with Crippen molar-refractivity contribution in [3.8, 4) is 22.6 Å². The Bertz CT molecular complexity index is 1210. The molecule has 37 heavy (non-hydrogen) atoms. The molecule has 1 aromatic heterocycles. The highest BCUT2D eigenvalue weighted by molar-refractivity contribution is 5.97. The number of pyridine rings is 1. The standard InChI is InChI=1S/C29H32N2O6/c1-18(31-28(33)25-26(32)24(35-3)15-16-30-25)29(34)37-19(2)27(36-17-20-9-10-20)23-13-11-22(12-14-23)21-7-5-4-6-8-21/h4-8,11-16,18-20,27,32H,9-10,17H2,1-3H3,(H,31,33)/t18-,19-,27-/m0/s1. The highest BCUT2D eigenvalue weighted by Crippen LogP contribution is 2.33. The number of hydrogen-bond donors (Lipinski definition) is 2. The number of benzene rings is 2. The number of ether oxygens (including phenoxy) is 3. The monoisotopic (exact) mass is 504 g/mol. The molecule has 8 heteroatoms. The quantitative estimate of drug-likeness (QED) is 0.365. The van der Waals surface area contributed by atoms with Crippen molar-refractivity contribution in [2.75, 3.05) is 13.7 Å². The van der Waals surface area contributed by atoms with Crippen molar-refractivity contribution >= 4 is 11.9 Å². The molecule has 0 bridgehead atoms. The summed E-state index contributed by atoms with van der Waals surface area (Å²) < 4.78 is 16.9. The second kappa shape index (κ2) is 11.9. The maximum absolute atomic E-state index is 12.9. The molecule has 3 atom stereocenters. The lowest BCUT2D eigenvalue weighted by Gasteiger charge is -2.26. The van der Waals surface area contributed by atoms with Crippen molar-refractivity contribution in [1.29, 1.82) is 0 Å². The van der Waals surface area contributed by atoms with Crippen LogP contribution in [-0.4, -0.2) is 47.8 Å². The lowest BCUT2D eigenvalue weighted by molar-refractivity contribution is -0.158. The van der Waals surface area contributed by atoms with Gasteiger partial charge in [0.1, 0.15) is 18.2 Å². The summed E-state index contributed by atoms with van der Waals surface area (Å²) in [5.41, 5.74) is 2.87. The summed E-state index contributed by atoms with van der Waals surface area (Å²) in [4.78, 5) is 29.3. The van der Waals surface area contributed by atoms with Gasteiger partial charge in [-0.3, -0.25) is 4.79 Å². The van der Waals surface area contributed by atoms with Crippen molar-refractivity contribution in [3.05, 3.63) is 78.1 Å². The third-order valence-electron chi connectivity index (χ3n) is 6.31. The molecule has 1 aliphatic rings. The van der Waals surface area contributed by atoms with Gasteiger partial charge in [-0.25, -0.2) is 9.78 Å². The van der Waals surface area contributed by atoms with Gasteiger partial charge in [0.2, 0.25) is 0 Å². The fourth-order valence-corrected chi connectivity index (χ4v) is 3.96. The molecule has 194 valence electrons. The summed E-state index contributed by atoms with van der Waals surface area (Å²) in [5, 5.41) is 12.7. The second-order valence-electron chi connectivity index (χ2n) is 9.23. The normalized spacial score (nSPS) is 15.3. The number of carbonyl (C=O) groups excluding carboxylic acids is 2. The van der Waals surface area contributed by atoms with Crippen LogP contribution in [0.2, 0.25) is 0 Å². The first-order valence-corrected chi connectivity index (χ1v) is 12.4. The Morgan fingerprint density at radius 2 is 1.70 bits per heavy atom. The second-order valence-corrected chi connectivity index (χ2v) is 9.23. The number of hydrogen-bond acceptors (Lipinski definition) is 7. The fourth-order valence-electron chi connectivity index (χ4n) is 3.96. The molecule has 0 aliphatic heterocycles. The number of amides is 1. The molecular weight excluding hydrogens is 472 g/mol. The van der Waals surface area contributed by atoms with Crippen LogP contribution in [-0.2, 0) is 14.3 Å². The van der Waals surface area contributed by atoms with Gasteiger partial charge in [-0.05, 0) is 49.3 Å². The van der Waals surface area contributed by atoms with Crippen LogP contribution in [0.25, 0.3) is 11.1 Å². The van der Waals surface area contributed by atoms with Gasteiger partial charge in [0.15, 0.2) is 17.2 Å². The van der Waals surface area contributed by atoms with Crippen molar-refractivity contribution < 1.29 is 28.9 Å². The average molecular weight is 505 g/mol. The Morgan fingerprint density at radius 1 is 1.03 bits per heavy atom. The van der Waals surface area contributed by atoms with Crippen LogP contribution in [0.3, 0.4) is 0 Å². The molecule has 8 nitrogen and oxygen atoms in total. The highest BCUT2D eigenvalue weighted by atomic mass is 16.6. The number of carbonyl (C=O) groups is 2. The number of aromatic nitrogens is 1. The molecule has 1 heterocycles. The molecule has 1 aliphatic carbocycles. The van der Waals surface area contributed by atoms with E-state index in [0.29, 0.717) is 12.5 Å². The van der Waals surface area contributed by atoms with Crippen LogP contribution in [0.15, 0.2) is 66.9 Å². The Morgan fingerprint density at radius 3 is 2.35 bits per heavy atom. The molecule has 1 fully saturated rings. The van der Waals surface area contributed by atoms with Gasteiger partial charge in [-0.15, -0.1) is 0 Å².